The van der Waals surface area contributed by atoms with E-state index in [1.807, 2.05) is 0 Å². The minimum Gasteiger partial charge on any atom is -0.335 e. The van der Waals surface area contributed by atoms with E-state index in [0.717, 1.165) is 43.9 Å². The number of nitrogens with one attached hydrogen (secondary N) is 2. The second kappa shape index (κ2) is 6.03. The Bertz CT molecular complexity index is 504. The summed E-state index contributed by atoms with van der Waals surface area (Å²) in [6.45, 7) is 5.04. The van der Waals surface area contributed by atoms with Gasteiger partial charge in [-0.3, -0.25) is 0 Å². The van der Waals surface area contributed by atoms with Gasteiger partial charge in [0, 0.05) is 31.0 Å². The third kappa shape index (κ3) is 3.19. The average molecular weight is 291 g/mol. The summed E-state index contributed by atoms with van der Waals surface area (Å²) < 4.78 is 2.18. The zero-order valence-corrected chi connectivity index (χ0v) is 12.9. The lowest BCUT2D eigenvalue weighted by Crippen LogP contribution is -2.48. The topological polar surface area (TPSA) is 71.8 Å². The molecule has 2 amide bonds. The number of amides is 2. The van der Waals surface area contributed by atoms with Crippen LogP contribution in [0.2, 0.25) is 0 Å². The van der Waals surface area contributed by atoms with Crippen molar-refractivity contribution in [1.29, 1.82) is 0 Å². The van der Waals surface area contributed by atoms with Gasteiger partial charge in [-0.15, -0.1) is 10.2 Å². The molecule has 1 saturated carbocycles. The van der Waals surface area contributed by atoms with Crippen molar-refractivity contribution in [2.24, 2.45) is 0 Å². The van der Waals surface area contributed by atoms with Crippen molar-refractivity contribution < 1.29 is 4.79 Å². The number of hydrogen-bond acceptors (Lipinski definition) is 3. The SMILES string of the molecule is CC(C)c1nnc2n1CC(NC(=O)NC1CCCC1)CC2. The fourth-order valence-corrected chi connectivity index (χ4v) is 3.38. The first-order chi connectivity index (χ1) is 10.1. The lowest BCUT2D eigenvalue weighted by Gasteiger charge is -2.26. The van der Waals surface area contributed by atoms with Crippen LogP contribution in [0.25, 0.3) is 0 Å². The number of carbonyl (C=O) groups excluding carboxylic acids is 1. The van der Waals surface area contributed by atoms with Gasteiger partial charge in [0.05, 0.1) is 0 Å². The van der Waals surface area contributed by atoms with Crippen molar-refractivity contribution in [3.05, 3.63) is 11.6 Å². The molecule has 2 aliphatic rings. The zero-order valence-electron chi connectivity index (χ0n) is 12.9. The highest BCUT2D eigenvalue weighted by molar-refractivity contribution is 5.74. The van der Waals surface area contributed by atoms with Gasteiger partial charge in [0.25, 0.3) is 0 Å². The Morgan fingerprint density at radius 2 is 1.86 bits per heavy atom. The Morgan fingerprint density at radius 3 is 2.57 bits per heavy atom. The Hall–Kier alpha value is -1.59. The Labute approximate surface area is 125 Å². The fourth-order valence-electron chi connectivity index (χ4n) is 3.38. The summed E-state index contributed by atoms with van der Waals surface area (Å²) in [6, 6.07) is 0.521. The fraction of sp³-hybridized carbons (Fsp3) is 0.800. The smallest absolute Gasteiger partial charge is 0.315 e. The van der Waals surface area contributed by atoms with Crippen LogP contribution in [0.4, 0.5) is 4.79 Å². The molecule has 1 aromatic heterocycles. The molecule has 1 aliphatic heterocycles. The van der Waals surface area contributed by atoms with Crippen LogP contribution in [0, 0.1) is 0 Å². The van der Waals surface area contributed by atoms with E-state index in [-0.39, 0.29) is 12.1 Å². The molecule has 2 heterocycles. The maximum Gasteiger partial charge on any atom is 0.315 e. The van der Waals surface area contributed by atoms with E-state index >= 15 is 0 Å². The molecule has 0 aromatic carbocycles. The molecule has 1 aromatic rings. The summed E-state index contributed by atoms with van der Waals surface area (Å²) in [6.07, 6.45) is 6.52. The molecule has 0 bridgehead atoms. The van der Waals surface area contributed by atoms with E-state index < -0.39 is 0 Å². The van der Waals surface area contributed by atoms with Gasteiger partial charge in [-0.05, 0) is 19.3 Å². The first kappa shape index (κ1) is 14.4. The van der Waals surface area contributed by atoms with E-state index in [0.29, 0.717) is 12.0 Å². The molecule has 0 radical (unpaired) electrons. The number of aromatic nitrogens is 3. The van der Waals surface area contributed by atoms with Gasteiger partial charge in [-0.1, -0.05) is 26.7 Å². The molecule has 21 heavy (non-hydrogen) atoms. The quantitative estimate of drug-likeness (QED) is 0.894. The van der Waals surface area contributed by atoms with Gasteiger partial charge in [-0.2, -0.15) is 0 Å². The zero-order chi connectivity index (χ0) is 14.8. The van der Waals surface area contributed by atoms with Crippen LogP contribution in [0.3, 0.4) is 0 Å². The number of aryl methyl sites for hydroxylation is 1. The van der Waals surface area contributed by atoms with Crippen molar-refractivity contribution in [2.45, 2.75) is 76.9 Å². The first-order valence-corrected chi connectivity index (χ1v) is 8.12. The van der Waals surface area contributed by atoms with Crippen molar-refractivity contribution >= 4 is 6.03 Å². The summed E-state index contributed by atoms with van der Waals surface area (Å²) in [5, 5.41) is 14.7. The molecule has 1 unspecified atom stereocenters. The minimum absolute atomic E-state index is 0.0190. The predicted octanol–water partition coefficient (Wildman–Crippen LogP) is 1.96. The van der Waals surface area contributed by atoms with Crippen LogP contribution in [0.15, 0.2) is 0 Å². The maximum atomic E-state index is 12.1. The van der Waals surface area contributed by atoms with Crippen molar-refractivity contribution in [3.63, 3.8) is 0 Å². The highest BCUT2D eigenvalue weighted by atomic mass is 16.2. The third-order valence-electron chi connectivity index (χ3n) is 4.52. The first-order valence-electron chi connectivity index (χ1n) is 8.12. The number of fused-ring (bicyclic) bond motifs is 1. The van der Waals surface area contributed by atoms with Crippen molar-refractivity contribution in [2.75, 3.05) is 0 Å². The molecule has 1 aliphatic carbocycles. The van der Waals surface area contributed by atoms with Crippen LogP contribution >= 0.6 is 0 Å². The molecule has 3 rings (SSSR count). The van der Waals surface area contributed by atoms with Crippen LogP contribution in [-0.4, -0.2) is 32.9 Å². The molecule has 6 nitrogen and oxygen atoms in total. The Balaban J connectivity index is 1.58. The highest BCUT2D eigenvalue weighted by Crippen LogP contribution is 2.20. The number of rotatable bonds is 3. The number of nitrogens with zero attached hydrogens (tertiary/aromatic N) is 3. The summed E-state index contributed by atoms with van der Waals surface area (Å²) >= 11 is 0. The second-order valence-electron chi connectivity index (χ2n) is 6.57. The minimum atomic E-state index is -0.0190. The van der Waals surface area contributed by atoms with Crippen molar-refractivity contribution in [3.8, 4) is 0 Å². The lowest BCUT2D eigenvalue weighted by molar-refractivity contribution is 0.228. The van der Waals surface area contributed by atoms with E-state index in [1.54, 1.807) is 0 Å². The largest absolute Gasteiger partial charge is 0.335 e. The lowest BCUT2D eigenvalue weighted by atomic mass is 10.1. The van der Waals surface area contributed by atoms with E-state index in [2.05, 4.69) is 39.2 Å². The van der Waals surface area contributed by atoms with Crippen molar-refractivity contribution in [1.82, 2.24) is 25.4 Å². The number of hydrogen-bond donors (Lipinski definition) is 2. The van der Waals surface area contributed by atoms with Crippen LogP contribution in [0.1, 0.15) is 63.5 Å². The van der Waals surface area contributed by atoms with Crippen LogP contribution in [0.5, 0.6) is 0 Å². The molecule has 1 atom stereocenters. The van der Waals surface area contributed by atoms with Gasteiger partial charge < -0.3 is 15.2 Å². The number of carbonyl (C=O) groups is 1. The molecular formula is C15H25N5O. The molecule has 0 saturated heterocycles. The van der Waals surface area contributed by atoms with E-state index in [1.165, 1.54) is 12.8 Å². The molecule has 6 heteroatoms. The van der Waals surface area contributed by atoms with Gasteiger partial charge >= 0.3 is 6.03 Å². The summed E-state index contributed by atoms with van der Waals surface area (Å²) in [7, 11) is 0. The Morgan fingerprint density at radius 1 is 1.14 bits per heavy atom. The van der Waals surface area contributed by atoms with E-state index in [4.69, 9.17) is 0 Å². The maximum absolute atomic E-state index is 12.1. The predicted molar refractivity (Wildman–Crippen MR) is 80.1 cm³/mol. The standard InChI is InChI=1S/C15H25N5O/c1-10(2)14-19-18-13-8-7-12(9-20(13)14)17-15(21)16-11-5-3-4-6-11/h10-12H,3-9H2,1-2H3,(H2,16,17,21). The van der Waals surface area contributed by atoms with E-state index in [9.17, 15) is 4.79 Å². The third-order valence-corrected chi connectivity index (χ3v) is 4.52. The van der Waals surface area contributed by atoms with Gasteiger partial charge in [0.2, 0.25) is 0 Å². The van der Waals surface area contributed by atoms with Crippen LogP contribution < -0.4 is 10.6 Å². The van der Waals surface area contributed by atoms with Gasteiger partial charge in [-0.25, -0.2) is 4.79 Å². The Kier molecular flexibility index (Phi) is 4.12. The summed E-state index contributed by atoms with van der Waals surface area (Å²) in [5.41, 5.74) is 0. The monoisotopic (exact) mass is 291 g/mol. The molecule has 116 valence electrons. The normalized spacial score (nSPS) is 22.3. The number of urea groups is 1. The molecule has 1 fully saturated rings. The van der Waals surface area contributed by atoms with Gasteiger partial charge in [0.15, 0.2) is 0 Å². The van der Waals surface area contributed by atoms with Crippen LogP contribution in [-0.2, 0) is 13.0 Å². The molecule has 0 spiro atoms. The summed E-state index contributed by atoms with van der Waals surface area (Å²) in [4.78, 5) is 12.1. The highest BCUT2D eigenvalue weighted by Gasteiger charge is 2.25. The molecular weight excluding hydrogens is 266 g/mol. The second-order valence-corrected chi connectivity index (χ2v) is 6.57. The molecule has 2 N–H and O–H groups in total. The summed E-state index contributed by atoms with van der Waals surface area (Å²) in [5.74, 6) is 2.43. The van der Waals surface area contributed by atoms with Gasteiger partial charge in [0.1, 0.15) is 11.6 Å². The average Bonchev–Trinajstić information content (AvgIpc) is 3.06.